The minimum Gasteiger partial charge on any atom is -0.360 e. The molecule has 0 aliphatic heterocycles. The van der Waals surface area contributed by atoms with E-state index < -0.39 is 0 Å². The number of rotatable bonds is 4. The van der Waals surface area contributed by atoms with Gasteiger partial charge in [0.1, 0.15) is 5.76 Å². The van der Waals surface area contributed by atoms with Gasteiger partial charge in [-0.1, -0.05) is 5.16 Å². The standard InChI is InChI=1S/C11H20N4O2.ClH/c1-9-8-10(12-17-9)15(7-6-13(2)3)11(16)14(4)5;/h8H,6-7H2,1-5H3;1H. The lowest BCUT2D eigenvalue weighted by Gasteiger charge is -2.24. The van der Waals surface area contributed by atoms with Gasteiger partial charge in [-0.3, -0.25) is 4.90 Å². The molecule has 0 unspecified atom stereocenters. The zero-order valence-electron chi connectivity index (χ0n) is 11.5. The monoisotopic (exact) mass is 276 g/mol. The molecule has 0 bridgehead atoms. The Bertz CT molecular complexity index is 379. The van der Waals surface area contributed by atoms with Crippen molar-refractivity contribution in [1.82, 2.24) is 15.0 Å². The molecule has 1 heterocycles. The van der Waals surface area contributed by atoms with E-state index in [1.165, 1.54) is 4.90 Å². The zero-order chi connectivity index (χ0) is 13.0. The van der Waals surface area contributed by atoms with Gasteiger partial charge < -0.3 is 14.3 Å². The Labute approximate surface area is 114 Å². The molecule has 18 heavy (non-hydrogen) atoms. The second-order valence-electron chi connectivity index (χ2n) is 4.43. The summed E-state index contributed by atoms with van der Waals surface area (Å²) in [4.78, 5) is 17.2. The van der Waals surface area contributed by atoms with Crippen molar-refractivity contribution in [2.45, 2.75) is 6.92 Å². The van der Waals surface area contributed by atoms with E-state index in [4.69, 9.17) is 4.52 Å². The van der Waals surface area contributed by atoms with Crippen LogP contribution in [0.5, 0.6) is 0 Å². The molecule has 0 aromatic carbocycles. The number of urea groups is 1. The number of aromatic nitrogens is 1. The second kappa shape index (κ2) is 7.23. The first-order valence-electron chi connectivity index (χ1n) is 5.48. The maximum Gasteiger partial charge on any atom is 0.325 e. The van der Waals surface area contributed by atoms with Crippen LogP contribution in [-0.2, 0) is 0 Å². The summed E-state index contributed by atoms with van der Waals surface area (Å²) in [5, 5.41) is 3.88. The van der Waals surface area contributed by atoms with Gasteiger partial charge >= 0.3 is 6.03 Å². The topological polar surface area (TPSA) is 52.8 Å². The van der Waals surface area contributed by atoms with Crippen molar-refractivity contribution in [2.24, 2.45) is 0 Å². The van der Waals surface area contributed by atoms with E-state index in [0.29, 0.717) is 18.1 Å². The van der Waals surface area contributed by atoms with Crippen molar-refractivity contribution in [1.29, 1.82) is 0 Å². The maximum absolute atomic E-state index is 12.0. The van der Waals surface area contributed by atoms with Crippen molar-refractivity contribution >= 4 is 24.3 Å². The van der Waals surface area contributed by atoms with Gasteiger partial charge in [-0.2, -0.15) is 0 Å². The molecular formula is C11H21ClN4O2. The van der Waals surface area contributed by atoms with Crippen LogP contribution in [0.4, 0.5) is 10.6 Å². The Hall–Kier alpha value is -1.27. The SMILES string of the molecule is Cc1cc(N(CCN(C)C)C(=O)N(C)C)no1.Cl. The summed E-state index contributed by atoms with van der Waals surface area (Å²) in [5.74, 6) is 1.25. The fraction of sp³-hybridized carbons (Fsp3) is 0.636. The van der Waals surface area contributed by atoms with E-state index in [2.05, 4.69) is 5.16 Å². The van der Waals surface area contributed by atoms with E-state index in [-0.39, 0.29) is 18.4 Å². The number of carbonyl (C=O) groups excluding carboxylic acids is 1. The van der Waals surface area contributed by atoms with Crippen LogP contribution >= 0.6 is 12.4 Å². The van der Waals surface area contributed by atoms with Gasteiger partial charge in [0, 0.05) is 33.3 Å². The molecule has 0 spiro atoms. The van der Waals surface area contributed by atoms with E-state index in [0.717, 1.165) is 6.54 Å². The predicted octanol–water partition coefficient (Wildman–Crippen LogP) is 1.45. The molecule has 0 radical (unpaired) electrons. The number of amides is 2. The summed E-state index contributed by atoms with van der Waals surface area (Å²) in [7, 11) is 7.37. The van der Waals surface area contributed by atoms with Crippen LogP contribution in [0.1, 0.15) is 5.76 Å². The Morgan fingerprint density at radius 1 is 1.28 bits per heavy atom. The second-order valence-corrected chi connectivity index (χ2v) is 4.43. The summed E-state index contributed by atoms with van der Waals surface area (Å²) < 4.78 is 5.01. The van der Waals surface area contributed by atoms with Gasteiger partial charge in [0.2, 0.25) is 0 Å². The third-order valence-electron chi connectivity index (χ3n) is 2.28. The smallest absolute Gasteiger partial charge is 0.325 e. The van der Waals surface area contributed by atoms with E-state index in [1.54, 1.807) is 32.0 Å². The van der Waals surface area contributed by atoms with Crippen LogP contribution in [0.15, 0.2) is 10.6 Å². The Morgan fingerprint density at radius 3 is 2.28 bits per heavy atom. The van der Waals surface area contributed by atoms with Crippen LogP contribution in [0.25, 0.3) is 0 Å². The Balaban J connectivity index is 0.00000289. The molecular weight excluding hydrogens is 256 g/mol. The molecule has 1 aromatic rings. The normalized spacial score (nSPS) is 10.1. The molecule has 2 amide bonds. The number of anilines is 1. The molecule has 0 N–H and O–H groups in total. The van der Waals surface area contributed by atoms with Crippen LogP contribution in [0.2, 0.25) is 0 Å². The number of carbonyl (C=O) groups is 1. The summed E-state index contributed by atoms with van der Waals surface area (Å²) in [6, 6.07) is 1.66. The molecule has 7 heteroatoms. The molecule has 0 saturated carbocycles. The number of nitrogens with zero attached hydrogens (tertiary/aromatic N) is 4. The lowest BCUT2D eigenvalue weighted by molar-refractivity contribution is 0.222. The van der Waals surface area contributed by atoms with Gasteiger partial charge in [0.15, 0.2) is 5.82 Å². The Kier molecular flexibility index (Phi) is 6.72. The summed E-state index contributed by atoms with van der Waals surface area (Å²) >= 11 is 0. The lowest BCUT2D eigenvalue weighted by atomic mass is 10.4. The van der Waals surface area contributed by atoms with Gasteiger partial charge in [-0.15, -0.1) is 12.4 Å². The minimum atomic E-state index is -0.0971. The first-order chi connectivity index (χ1) is 7.91. The van der Waals surface area contributed by atoms with Gasteiger partial charge in [-0.25, -0.2) is 4.79 Å². The third-order valence-corrected chi connectivity index (χ3v) is 2.28. The van der Waals surface area contributed by atoms with Crippen molar-refractivity contribution in [2.75, 3.05) is 46.2 Å². The summed E-state index contributed by atoms with van der Waals surface area (Å²) in [6.45, 7) is 3.15. The van der Waals surface area contributed by atoms with Gasteiger partial charge in [0.25, 0.3) is 0 Å². The van der Waals surface area contributed by atoms with Crippen LogP contribution in [0.3, 0.4) is 0 Å². The molecule has 6 nitrogen and oxygen atoms in total. The van der Waals surface area contributed by atoms with Crippen molar-refractivity contribution in [3.63, 3.8) is 0 Å². The quantitative estimate of drug-likeness (QED) is 0.835. The molecule has 1 aromatic heterocycles. The van der Waals surface area contributed by atoms with Crippen LogP contribution in [0, 0.1) is 6.92 Å². The summed E-state index contributed by atoms with van der Waals surface area (Å²) in [6.07, 6.45) is 0. The molecule has 0 saturated heterocycles. The molecule has 0 atom stereocenters. The van der Waals surface area contributed by atoms with Gasteiger partial charge in [-0.05, 0) is 21.0 Å². The molecule has 0 aliphatic rings. The first kappa shape index (κ1) is 16.7. The Morgan fingerprint density at radius 2 is 1.89 bits per heavy atom. The highest BCUT2D eigenvalue weighted by Crippen LogP contribution is 2.14. The highest BCUT2D eigenvalue weighted by atomic mass is 35.5. The minimum absolute atomic E-state index is 0. The van der Waals surface area contributed by atoms with E-state index in [9.17, 15) is 4.79 Å². The van der Waals surface area contributed by atoms with Crippen LogP contribution in [-0.4, -0.2) is 62.3 Å². The van der Waals surface area contributed by atoms with Gasteiger partial charge in [0.05, 0.1) is 0 Å². The van der Waals surface area contributed by atoms with Crippen molar-refractivity contribution in [3.8, 4) is 0 Å². The highest BCUT2D eigenvalue weighted by Gasteiger charge is 2.20. The summed E-state index contributed by atoms with van der Waals surface area (Å²) in [5.41, 5.74) is 0. The predicted molar refractivity (Wildman–Crippen MR) is 73.5 cm³/mol. The number of halogens is 1. The number of hydrogen-bond donors (Lipinski definition) is 0. The van der Waals surface area contributed by atoms with E-state index in [1.807, 2.05) is 19.0 Å². The van der Waals surface area contributed by atoms with Crippen LogP contribution < -0.4 is 4.90 Å². The van der Waals surface area contributed by atoms with Crippen molar-refractivity contribution in [3.05, 3.63) is 11.8 Å². The molecule has 1 rings (SSSR count). The zero-order valence-corrected chi connectivity index (χ0v) is 12.3. The molecule has 0 aliphatic carbocycles. The highest BCUT2D eigenvalue weighted by molar-refractivity contribution is 5.90. The fourth-order valence-corrected chi connectivity index (χ4v) is 1.33. The van der Waals surface area contributed by atoms with Crippen molar-refractivity contribution < 1.29 is 9.32 Å². The first-order valence-corrected chi connectivity index (χ1v) is 5.48. The molecule has 104 valence electrons. The third kappa shape index (κ3) is 4.54. The lowest BCUT2D eigenvalue weighted by Crippen LogP contribution is -2.42. The largest absolute Gasteiger partial charge is 0.360 e. The average Bonchev–Trinajstić information content (AvgIpc) is 2.64. The number of aryl methyl sites for hydroxylation is 1. The number of likely N-dealkylation sites (N-methyl/N-ethyl adjacent to an activating group) is 1. The molecule has 0 fully saturated rings. The maximum atomic E-state index is 12.0. The van der Waals surface area contributed by atoms with E-state index >= 15 is 0 Å². The average molecular weight is 277 g/mol. The fourth-order valence-electron chi connectivity index (χ4n) is 1.33. The number of hydrogen-bond acceptors (Lipinski definition) is 4.